The van der Waals surface area contributed by atoms with Crippen molar-refractivity contribution >= 4 is 28.9 Å². The van der Waals surface area contributed by atoms with Crippen molar-refractivity contribution in [3.63, 3.8) is 0 Å². The van der Waals surface area contributed by atoms with Gasteiger partial charge in [0.15, 0.2) is 0 Å². The van der Waals surface area contributed by atoms with E-state index in [1.54, 1.807) is 17.9 Å². The van der Waals surface area contributed by atoms with Gasteiger partial charge in [0.1, 0.15) is 10.5 Å². The van der Waals surface area contributed by atoms with Gasteiger partial charge in [-0.25, -0.2) is 4.79 Å². The Balaban J connectivity index is 2.08. The number of nitrogens with zero attached hydrogens (tertiary/aromatic N) is 1. The monoisotopic (exact) mass is 447 g/mol. The van der Waals surface area contributed by atoms with Gasteiger partial charge in [-0.1, -0.05) is 31.1 Å². The molecule has 7 heteroatoms. The lowest BCUT2D eigenvalue weighted by Gasteiger charge is -2.47. The van der Waals surface area contributed by atoms with Crippen molar-refractivity contribution in [2.24, 2.45) is 11.3 Å². The fourth-order valence-corrected chi connectivity index (χ4v) is 5.22. The number of aromatic carboxylic acids is 1. The molecule has 0 aromatic carbocycles. The number of hydrogen-bond acceptors (Lipinski definition) is 5. The number of carboxylic acids is 1. The van der Waals surface area contributed by atoms with E-state index in [9.17, 15) is 19.8 Å². The van der Waals surface area contributed by atoms with Crippen molar-refractivity contribution in [3.8, 4) is 11.8 Å². The van der Waals surface area contributed by atoms with Gasteiger partial charge in [-0.05, 0) is 52.5 Å². The number of carbonyl (C=O) groups excluding carboxylic acids is 1. The van der Waals surface area contributed by atoms with E-state index < -0.39 is 11.6 Å². The van der Waals surface area contributed by atoms with Crippen LogP contribution in [0.15, 0.2) is 6.07 Å². The number of carbonyl (C=O) groups is 2. The Hall–Kier alpha value is -1.88. The Morgan fingerprint density at radius 1 is 1.32 bits per heavy atom. The molecule has 1 aromatic rings. The second kappa shape index (κ2) is 9.32. The molecule has 1 amide bonds. The third-order valence-electron chi connectivity index (χ3n) is 6.09. The van der Waals surface area contributed by atoms with Crippen LogP contribution in [-0.4, -0.2) is 46.9 Å². The van der Waals surface area contributed by atoms with Gasteiger partial charge < -0.3 is 19.8 Å². The molecule has 0 bridgehead atoms. The van der Waals surface area contributed by atoms with E-state index in [2.05, 4.69) is 11.8 Å². The molecule has 1 aliphatic heterocycles. The highest BCUT2D eigenvalue weighted by molar-refractivity contribution is 7.15. The van der Waals surface area contributed by atoms with Crippen molar-refractivity contribution < 1.29 is 24.5 Å². The highest BCUT2D eigenvalue weighted by Gasteiger charge is 2.48. The molecule has 2 heterocycles. The fraction of sp³-hybridized carbons (Fsp3) is 0.667. The standard InChI is InChI=1S/C24H33NO5S/c1-23(2,3)11-10-17-14-18(20(31-17)21(27)28)25-19(16-8-6-5-7-9-16)15-30-24(4,12-13-26)22(25)29/h14,16,19,26H,5-9,12-13,15H2,1-4H3,(H,27,28)/t19-,24+/m0/s1. The molecule has 3 rings (SSSR count). The summed E-state index contributed by atoms with van der Waals surface area (Å²) in [4.78, 5) is 28.2. The average molecular weight is 448 g/mol. The van der Waals surface area contributed by atoms with Gasteiger partial charge in [0.25, 0.3) is 5.91 Å². The maximum atomic E-state index is 13.7. The van der Waals surface area contributed by atoms with Gasteiger partial charge in [0.2, 0.25) is 0 Å². The normalized spacial score (nSPS) is 25.3. The molecule has 1 saturated heterocycles. The van der Waals surface area contributed by atoms with E-state index in [-0.39, 0.29) is 41.2 Å². The molecule has 6 nitrogen and oxygen atoms in total. The Morgan fingerprint density at radius 2 is 2.00 bits per heavy atom. The summed E-state index contributed by atoms with van der Waals surface area (Å²) in [6.45, 7) is 7.84. The van der Waals surface area contributed by atoms with Crippen LogP contribution in [0.25, 0.3) is 0 Å². The minimum absolute atomic E-state index is 0.126. The lowest BCUT2D eigenvalue weighted by Crippen LogP contribution is -2.62. The van der Waals surface area contributed by atoms with Crippen molar-refractivity contribution in [3.05, 3.63) is 15.8 Å². The van der Waals surface area contributed by atoms with Crippen molar-refractivity contribution in [2.75, 3.05) is 18.1 Å². The Morgan fingerprint density at radius 3 is 2.58 bits per heavy atom. The maximum absolute atomic E-state index is 13.7. The van der Waals surface area contributed by atoms with Gasteiger partial charge in [-0.15, -0.1) is 11.3 Å². The number of anilines is 1. The van der Waals surface area contributed by atoms with Crippen LogP contribution in [0.4, 0.5) is 5.69 Å². The highest BCUT2D eigenvalue weighted by Crippen LogP contribution is 2.41. The highest BCUT2D eigenvalue weighted by atomic mass is 32.1. The predicted molar refractivity (Wildman–Crippen MR) is 122 cm³/mol. The Labute approximate surface area is 188 Å². The summed E-state index contributed by atoms with van der Waals surface area (Å²) in [7, 11) is 0. The van der Waals surface area contributed by atoms with Crippen molar-refractivity contribution in [2.45, 2.75) is 77.9 Å². The zero-order chi connectivity index (χ0) is 22.8. The average Bonchev–Trinajstić information content (AvgIpc) is 3.13. The molecule has 1 saturated carbocycles. The molecule has 0 radical (unpaired) electrons. The third-order valence-corrected chi connectivity index (χ3v) is 7.11. The number of morpholine rings is 1. The van der Waals surface area contributed by atoms with Crippen molar-refractivity contribution in [1.29, 1.82) is 0 Å². The van der Waals surface area contributed by atoms with Crippen LogP contribution in [0.2, 0.25) is 0 Å². The summed E-state index contributed by atoms with van der Waals surface area (Å²) >= 11 is 1.11. The summed E-state index contributed by atoms with van der Waals surface area (Å²) < 4.78 is 6.01. The maximum Gasteiger partial charge on any atom is 0.348 e. The molecule has 2 fully saturated rings. The largest absolute Gasteiger partial charge is 0.477 e. The number of hydrogen-bond donors (Lipinski definition) is 2. The number of aliphatic hydroxyl groups is 1. The molecule has 170 valence electrons. The van der Waals surface area contributed by atoms with E-state index in [1.807, 2.05) is 20.8 Å². The lowest BCUT2D eigenvalue weighted by molar-refractivity contribution is -0.155. The van der Waals surface area contributed by atoms with Gasteiger partial charge in [-0.3, -0.25) is 4.79 Å². The zero-order valence-corrected chi connectivity index (χ0v) is 19.7. The predicted octanol–water partition coefficient (Wildman–Crippen LogP) is 4.30. The van der Waals surface area contributed by atoms with E-state index in [1.165, 1.54) is 6.42 Å². The van der Waals surface area contributed by atoms with Crippen LogP contribution in [0.1, 0.15) is 80.8 Å². The molecule has 1 aliphatic carbocycles. The lowest BCUT2D eigenvalue weighted by atomic mass is 9.81. The minimum atomic E-state index is -1.17. The van der Waals surface area contributed by atoms with Gasteiger partial charge in [0, 0.05) is 18.4 Å². The SMILES string of the molecule is CC(C)(C)C#Cc1cc(N2C(=O)[C@@](C)(CCO)OC[C@H]2C2CCCCC2)c(C(=O)O)s1. The van der Waals surface area contributed by atoms with Crippen LogP contribution >= 0.6 is 11.3 Å². The second-order valence-electron chi connectivity index (χ2n) is 9.79. The van der Waals surface area contributed by atoms with Gasteiger partial charge >= 0.3 is 5.97 Å². The minimum Gasteiger partial charge on any atom is -0.477 e. The molecule has 31 heavy (non-hydrogen) atoms. The zero-order valence-electron chi connectivity index (χ0n) is 18.9. The number of ether oxygens (including phenoxy) is 1. The van der Waals surface area contributed by atoms with Gasteiger partial charge in [0.05, 0.1) is 23.2 Å². The van der Waals surface area contributed by atoms with Crippen LogP contribution in [0, 0.1) is 23.2 Å². The quantitative estimate of drug-likeness (QED) is 0.657. The summed E-state index contributed by atoms with van der Waals surface area (Å²) in [5.41, 5.74) is -0.981. The number of rotatable bonds is 5. The van der Waals surface area contributed by atoms with E-state index >= 15 is 0 Å². The Kier molecular flexibility index (Phi) is 7.14. The molecule has 0 spiro atoms. The van der Waals surface area contributed by atoms with Crippen LogP contribution in [0.3, 0.4) is 0 Å². The molecular formula is C24H33NO5S. The molecule has 2 atom stereocenters. The summed E-state index contributed by atoms with van der Waals surface area (Å²) in [6, 6.07) is 1.53. The van der Waals surface area contributed by atoms with Gasteiger partial charge in [-0.2, -0.15) is 0 Å². The molecule has 2 aliphatic rings. The molecule has 0 unspecified atom stereocenters. The summed E-state index contributed by atoms with van der Waals surface area (Å²) in [5.74, 6) is 5.17. The van der Waals surface area contributed by atoms with E-state index in [0.29, 0.717) is 17.2 Å². The number of carboxylic acid groups (broad SMARTS) is 1. The second-order valence-corrected chi connectivity index (χ2v) is 10.8. The third kappa shape index (κ3) is 5.31. The first-order valence-electron chi connectivity index (χ1n) is 11.0. The first-order chi connectivity index (χ1) is 14.6. The first-order valence-corrected chi connectivity index (χ1v) is 11.9. The van der Waals surface area contributed by atoms with E-state index in [0.717, 1.165) is 37.0 Å². The van der Waals surface area contributed by atoms with Crippen LogP contribution in [-0.2, 0) is 9.53 Å². The topological polar surface area (TPSA) is 87.1 Å². The molecule has 2 N–H and O–H groups in total. The first kappa shape index (κ1) is 23.8. The smallest absolute Gasteiger partial charge is 0.348 e. The molecule has 1 aromatic heterocycles. The number of thiophene rings is 1. The Bertz CT molecular complexity index is 884. The van der Waals surface area contributed by atoms with Crippen molar-refractivity contribution in [1.82, 2.24) is 0 Å². The van der Waals surface area contributed by atoms with E-state index in [4.69, 9.17) is 4.74 Å². The number of amides is 1. The van der Waals surface area contributed by atoms with Crippen LogP contribution in [0.5, 0.6) is 0 Å². The summed E-state index contributed by atoms with van der Waals surface area (Å²) in [6.07, 6.45) is 5.56. The summed E-state index contributed by atoms with van der Waals surface area (Å²) in [5, 5.41) is 19.4. The van der Waals surface area contributed by atoms with Crippen LogP contribution < -0.4 is 4.90 Å². The number of aliphatic hydroxyl groups excluding tert-OH is 1. The fourth-order valence-electron chi connectivity index (χ4n) is 4.38. The molecular weight excluding hydrogens is 414 g/mol.